The van der Waals surface area contributed by atoms with Gasteiger partial charge in [-0.3, -0.25) is 10.2 Å². The normalized spacial score (nSPS) is 17.8. The number of hydrogen-bond donors (Lipinski definition) is 5. The molecular weight excluding hydrogens is 444 g/mol. The number of ether oxygens (including phenoxy) is 1. The quantitative estimate of drug-likeness (QED) is 0.200. The number of rotatable bonds is 7. The van der Waals surface area contributed by atoms with Crippen molar-refractivity contribution < 1.29 is 14.3 Å². The van der Waals surface area contributed by atoms with Crippen LogP contribution in [-0.2, 0) is 11.3 Å². The first kappa shape index (κ1) is 24.3. The second-order valence-corrected chi connectivity index (χ2v) is 9.00. The van der Waals surface area contributed by atoms with Crippen molar-refractivity contribution in [1.29, 1.82) is 5.41 Å². The van der Waals surface area contributed by atoms with E-state index in [1.165, 1.54) is 0 Å². The summed E-state index contributed by atoms with van der Waals surface area (Å²) in [7, 11) is 0. The van der Waals surface area contributed by atoms with Gasteiger partial charge >= 0.3 is 5.97 Å². The van der Waals surface area contributed by atoms with E-state index in [1.54, 1.807) is 37.3 Å². The molecule has 2 aromatic carbocycles. The van der Waals surface area contributed by atoms with E-state index in [2.05, 4.69) is 5.32 Å². The Kier molecular flexibility index (Phi) is 7.07. The fraction of sp³-hybridized carbons (Fsp3) is 0.346. The Bertz CT molecular complexity index is 1260. The Balaban J connectivity index is 1.71. The molecule has 4 rings (SSSR count). The Morgan fingerprint density at radius 3 is 2.37 bits per heavy atom. The number of carbonyl (C=O) groups is 2. The molecule has 1 aliphatic rings. The third kappa shape index (κ3) is 5.14. The number of nitrogen functional groups attached to an aromatic ring is 2. The maximum atomic E-state index is 13.5. The average Bonchev–Trinajstić information content (AvgIpc) is 3.12. The zero-order valence-corrected chi connectivity index (χ0v) is 19.8. The van der Waals surface area contributed by atoms with Crippen LogP contribution < -0.4 is 22.5 Å². The molecule has 0 saturated heterocycles. The van der Waals surface area contributed by atoms with Crippen molar-refractivity contribution in [1.82, 2.24) is 9.88 Å². The van der Waals surface area contributed by atoms with E-state index < -0.39 is 0 Å². The highest BCUT2D eigenvalue weighted by Gasteiger charge is 2.26. The summed E-state index contributed by atoms with van der Waals surface area (Å²) in [5.74, 6) is -0.693. The number of nitrogens with zero attached hydrogens (tertiary/aromatic N) is 1. The monoisotopic (exact) mass is 476 g/mol. The number of nitrogens with two attached hydrogens (primary N) is 3. The Hall–Kier alpha value is -3.85. The van der Waals surface area contributed by atoms with Crippen molar-refractivity contribution in [2.24, 2.45) is 11.5 Å². The van der Waals surface area contributed by atoms with Crippen molar-refractivity contribution in [3.8, 4) is 0 Å². The molecular formula is C26H32N6O3. The summed E-state index contributed by atoms with van der Waals surface area (Å²) >= 11 is 0. The van der Waals surface area contributed by atoms with Gasteiger partial charge < -0.3 is 31.8 Å². The number of esters is 1. The van der Waals surface area contributed by atoms with Gasteiger partial charge in [-0.05, 0) is 62.4 Å². The first-order valence-corrected chi connectivity index (χ1v) is 11.9. The lowest BCUT2D eigenvalue weighted by molar-refractivity contribution is 0.0526. The van der Waals surface area contributed by atoms with Gasteiger partial charge in [-0.15, -0.1) is 0 Å². The van der Waals surface area contributed by atoms with Gasteiger partial charge in [0, 0.05) is 29.6 Å². The van der Waals surface area contributed by atoms with Gasteiger partial charge in [-0.25, -0.2) is 4.79 Å². The molecule has 1 saturated carbocycles. The van der Waals surface area contributed by atoms with E-state index in [9.17, 15) is 9.59 Å². The highest BCUT2D eigenvalue weighted by molar-refractivity contribution is 6.09. The first-order valence-electron chi connectivity index (χ1n) is 11.9. The molecule has 1 aliphatic carbocycles. The van der Waals surface area contributed by atoms with E-state index >= 15 is 0 Å². The molecule has 0 radical (unpaired) electrons. The van der Waals surface area contributed by atoms with Gasteiger partial charge in [-0.1, -0.05) is 18.2 Å². The molecule has 8 N–H and O–H groups in total. The molecule has 0 spiro atoms. The minimum atomic E-state index is -0.381. The third-order valence-corrected chi connectivity index (χ3v) is 6.54. The molecule has 184 valence electrons. The van der Waals surface area contributed by atoms with Crippen LogP contribution in [0.25, 0.3) is 10.9 Å². The van der Waals surface area contributed by atoms with Crippen molar-refractivity contribution in [2.75, 3.05) is 12.3 Å². The van der Waals surface area contributed by atoms with Crippen LogP contribution in [0.1, 0.15) is 64.6 Å². The maximum Gasteiger partial charge on any atom is 0.338 e. The Morgan fingerprint density at radius 1 is 1.09 bits per heavy atom. The van der Waals surface area contributed by atoms with Crippen LogP contribution in [0.5, 0.6) is 0 Å². The van der Waals surface area contributed by atoms with Gasteiger partial charge in [0.05, 0.1) is 23.4 Å². The number of benzene rings is 2. The predicted molar refractivity (Wildman–Crippen MR) is 137 cm³/mol. The maximum absolute atomic E-state index is 13.5. The molecule has 0 bridgehead atoms. The Morgan fingerprint density at radius 2 is 1.74 bits per heavy atom. The SMILES string of the molecule is CCOC(=O)c1ccc(Cn2c(C(=O)NC3CCC(N)CC3)c(N)c3ccc(C(=N)N)cc32)cc1. The van der Waals surface area contributed by atoms with Crippen LogP contribution in [0.4, 0.5) is 5.69 Å². The Labute approximate surface area is 204 Å². The minimum absolute atomic E-state index is 0.0461. The molecule has 1 aromatic heterocycles. The lowest BCUT2D eigenvalue weighted by atomic mass is 9.92. The van der Waals surface area contributed by atoms with Gasteiger partial charge in [-0.2, -0.15) is 0 Å². The van der Waals surface area contributed by atoms with Crippen molar-refractivity contribution >= 4 is 34.3 Å². The smallest absolute Gasteiger partial charge is 0.338 e. The summed E-state index contributed by atoms with van der Waals surface area (Å²) in [5, 5.41) is 11.7. The molecule has 1 amide bonds. The fourth-order valence-electron chi connectivity index (χ4n) is 4.61. The largest absolute Gasteiger partial charge is 0.462 e. The summed E-state index contributed by atoms with van der Waals surface area (Å²) in [6.07, 6.45) is 3.41. The topological polar surface area (TPSA) is 162 Å². The van der Waals surface area contributed by atoms with Crippen molar-refractivity contribution in [2.45, 2.75) is 51.2 Å². The standard InChI is InChI=1S/C26H32N6O3/c1-2-35-26(34)16-5-3-15(4-6-16)14-32-21-13-17(24(29)30)7-12-20(21)22(28)23(32)25(33)31-19-10-8-18(27)9-11-19/h3-7,12-13,18-19H,2,8-11,14,27-28H2,1H3,(H3,29,30)(H,31,33). The number of hydrogen-bond acceptors (Lipinski definition) is 6. The highest BCUT2D eigenvalue weighted by atomic mass is 16.5. The summed E-state index contributed by atoms with van der Waals surface area (Å²) in [5.41, 5.74) is 21.6. The predicted octanol–water partition coefficient (Wildman–Crippen LogP) is 2.73. The molecule has 9 nitrogen and oxygen atoms in total. The van der Waals surface area contributed by atoms with E-state index in [0.29, 0.717) is 46.6 Å². The number of aromatic nitrogens is 1. The number of carbonyl (C=O) groups excluding carboxylic acids is 2. The molecule has 9 heteroatoms. The third-order valence-electron chi connectivity index (χ3n) is 6.54. The summed E-state index contributed by atoms with van der Waals surface area (Å²) in [6.45, 7) is 2.41. The molecule has 0 atom stereocenters. The minimum Gasteiger partial charge on any atom is -0.462 e. The van der Waals surface area contributed by atoms with Crippen molar-refractivity contribution in [3.63, 3.8) is 0 Å². The van der Waals surface area contributed by atoms with Crippen LogP contribution in [0.3, 0.4) is 0 Å². The second kappa shape index (κ2) is 10.2. The second-order valence-electron chi connectivity index (χ2n) is 9.00. The molecule has 3 aromatic rings. The number of amidine groups is 1. The van der Waals surface area contributed by atoms with Gasteiger partial charge in [0.1, 0.15) is 11.5 Å². The molecule has 1 fully saturated rings. The van der Waals surface area contributed by atoms with E-state index in [0.717, 1.165) is 31.2 Å². The zero-order valence-electron chi connectivity index (χ0n) is 19.8. The molecule has 0 unspecified atom stereocenters. The number of nitrogens with one attached hydrogen (secondary N) is 2. The van der Waals surface area contributed by atoms with E-state index in [1.807, 2.05) is 16.7 Å². The highest BCUT2D eigenvalue weighted by Crippen LogP contribution is 2.31. The fourth-order valence-corrected chi connectivity index (χ4v) is 4.61. The van der Waals surface area contributed by atoms with Crippen LogP contribution in [0, 0.1) is 5.41 Å². The lowest BCUT2D eigenvalue weighted by Gasteiger charge is -2.27. The number of amides is 1. The van der Waals surface area contributed by atoms with E-state index in [-0.39, 0.29) is 29.8 Å². The van der Waals surface area contributed by atoms with Crippen LogP contribution in [0.15, 0.2) is 42.5 Å². The van der Waals surface area contributed by atoms with Gasteiger partial charge in [0.25, 0.3) is 5.91 Å². The lowest BCUT2D eigenvalue weighted by Crippen LogP contribution is -2.41. The van der Waals surface area contributed by atoms with Crippen LogP contribution in [0.2, 0.25) is 0 Å². The van der Waals surface area contributed by atoms with Gasteiger partial charge in [0.2, 0.25) is 0 Å². The summed E-state index contributed by atoms with van der Waals surface area (Å²) < 4.78 is 6.91. The zero-order chi connectivity index (χ0) is 25.1. The molecule has 1 heterocycles. The first-order chi connectivity index (χ1) is 16.8. The average molecular weight is 477 g/mol. The number of fused-ring (bicyclic) bond motifs is 1. The van der Waals surface area contributed by atoms with Crippen molar-refractivity contribution in [3.05, 3.63) is 64.8 Å². The summed E-state index contributed by atoms with van der Waals surface area (Å²) in [4.78, 5) is 25.5. The van der Waals surface area contributed by atoms with E-state index in [4.69, 9.17) is 27.3 Å². The molecule has 0 aliphatic heterocycles. The summed E-state index contributed by atoms with van der Waals surface area (Å²) in [6, 6.07) is 12.6. The molecule has 35 heavy (non-hydrogen) atoms. The number of anilines is 1. The van der Waals surface area contributed by atoms with Crippen LogP contribution in [-0.4, -0.2) is 41.0 Å². The van der Waals surface area contributed by atoms with Gasteiger partial charge in [0.15, 0.2) is 0 Å². The van der Waals surface area contributed by atoms with Crippen LogP contribution >= 0.6 is 0 Å².